The predicted molar refractivity (Wildman–Crippen MR) is 51.6 cm³/mol. The first kappa shape index (κ1) is 12.7. The maximum Gasteiger partial charge on any atom is 0.344 e. The van der Waals surface area contributed by atoms with Crippen LogP contribution in [-0.2, 0) is 19.1 Å². The average Bonchev–Trinajstić information content (AvgIpc) is 2.14. The number of hydrogen-bond donors (Lipinski definition) is 0. The zero-order chi connectivity index (χ0) is 11.0. The molecule has 0 amide bonds. The Morgan fingerprint density at radius 1 is 1.29 bits per heavy atom. The molecular weight excluding hydrogens is 184 g/mol. The van der Waals surface area contributed by atoms with E-state index in [-0.39, 0.29) is 12.2 Å². The summed E-state index contributed by atoms with van der Waals surface area (Å²) in [5.74, 6) is -1.09. The van der Waals surface area contributed by atoms with Crippen LogP contribution in [-0.4, -0.2) is 25.2 Å². The standard InChI is InChI=1S/C10H16O4/c1-4-5-6-13-9(11)7-14-10(12)8(2)3/h2,4-7H2,1,3H3. The molecule has 80 valence electrons. The third-order valence-electron chi connectivity index (χ3n) is 1.43. The lowest BCUT2D eigenvalue weighted by atomic mass is 10.4. The molecule has 0 aromatic heterocycles. The van der Waals surface area contributed by atoms with Crippen molar-refractivity contribution in [3.63, 3.8) is 0 Å². The fraction of sp³-hybridized carbons (Fsp3) is 0.600. The first-order valence-corrected chi connectivity index (χ1v) is 4.56. The number of hydrogen-bond acceptors (Lipinski definition) is 4. The van der Waals surface area contributed by atoms with Crippen LogP contribution in [0.5, 0.6) is 0 Å². The monoisotopic (exact) mass is 200 g/mol. The lowest BCUT2D eigenvalue weighted by Gasteiger charge is -2.04. The van der Waals surface area contributed by atoms with E-state index in [1.54, 1.807) is 0 Å². The summed E-state index contributed by atoms with van der Waals surface area (Å²) < 4.78 is 9.35. The van der Waals surface area contributed by atoms with E-state index in [9.17, 15) is 9.59 Å². The topological polar surface area (TPSA) is 52.6 Å². The summed E-state index contributed by atoms with van der Waals surface area (Å²) in [5, 5.41) is 0. The Bertz CT molecular complexity index is 220. The normalized spacial score (nSPS) is 9.29. The Balaban J connectivity index is 3.54. The third-order valence-corrected chi connectivity index (χ3v) is 1.43. The fourth-order valence-corrected chi connectivity index (χ4v) is 0.620. The van der Waals surface area contributed by atoms with Crippen molar-refractivity contribution in [3.8, 4) is 0 Å². The molecule has 0 atom stereocenters. The molecule has 0 aromatic rings. The third kappa shape index (κ3) is 6.22. The largest absolute Gasteiger partial charge is 0.463 e. The molecule has 14 heavy (non-hydrogen) atoms. The predicted octanol–water partition coefficient (Wildman–Crippen LogP) is 1.45. The van der Waals surface area contributed by atoms with Gasteiger partial charge in [0.2, 0.25) is 0 Å². The number of esters is 2. The molecule has 4 nitrogen and oxygen atoms in total. The van der Waals surface area contributed by atoms with Gasteiger partial charge in [-0.2, -0.15) is 0 Å². The molecule has 0 spiro atoms. The summed E-state index contributed by atoms with van der Waals surface area (Å²) >= 11 is 0. The van der Waals surface area contributed by atoms with Gasteiger partial charge < -0.3 is 9.47 Å². The minimum atomic E-state index is -0.572. The molecule has 0 bridgehead atoms. The van der Waals surface area contributed by atoms with Crippen LogP contribution in [0.2, 0.25) is 0 Å². The SMILES string of the molecule is C=C(C)C(=O)OCC(=O)OCCCC. The van der Waals surface area contributed by atoms with Crippen molar-refractivity contribution in [3.05, 3.63) is 12.2 Å². The Hall–Kier alpha value is -1.32. The molecule has 0 aliphatic rings. The summed E-state index contributed by atoms with van der Waals surface area (Å²) in [6.07, 6.45) is 1.78. The molecular formula is C10H16O4. The van der Waals surface area contributed by atoms with Crippen molar-refractivity contribution in [2.45, 2.75) is 26.7 Å². The number of rotatable bonds is 6. The van der Waals surface area contributed by atoms with E-state index in [0.717, 1.165) is 12.8 Å². The molecule has 0 aliphatic heterocycles. The summed E-state index contributed by atoms with van der Waals surface area (Å²) in [6.45, 7) is 6.93. The average molecular weight is 200 g/mol. The molecule has 0 radical (unpaired) electrons. The Kier molecular flexibility index (Phi) is 6.45. The zero-order valence-corrected chi connectivity index (χ0v) is 8.67. The van der Waals surface area contributed by atoms with Crippen LogP contribution in [0, 0.1) is 0 Å². The summed E-state index contributed by atoms with van der Waals surface area (Å²) in [4.78, 5) is 21.8. The summed E-state index contributed by atoms with van der Waals surface area (Å²) in [5.41, 5.74) is 0.270. The van der Waals surface area contributed by atoms with Gasteiger partial charge in [0.05, 0.1) is 6.61 Å². The van der Waals surface area contributed by atoms with E-state index in [1.165, 1.54) is 6.92 Å². The highest BCUT2D eigenvalue weighted by atomic mass is 16.6. The molecule has 0 aromatic carbocycles. The van der Waals surface area contributed by atoms with Crippen LogP contribution < -0.4 is 0 Å². The Morgan fingerprint density at radius 2 is 1.93 bits per heavy atom. The number of unbranched alkanes of at least 4 members (excludes halogenated alkanes) is 1. The van der Waals surface area contributed by atoms with Gasteiger partial charge in [-0.05, 0) is 13.3 Å². The van der Waals surface area contributed by atoms with E-state index in [4.69, 9.17) is 4.74 Å². The van der Waals surface area contributed by atoms with E-state index in [1.807, 2.05) is 6.92 Å². The molecule has 0 fully saturated rings. The smallest absolute Gasteiger partial charge is 0.344 e. The Labute approximate surface area is 83.9 Å². The number of ether oxygens (including phenoxy) is 2. The van der Waals surface area contributed by atoms with Crippen molar-refractivity contribution in [2.24, 2.45) is 0 Å². The maximum atomic E-state index is 10.9. The van der Waals surface area contributed by atoms with Gasteiger partial charge in [-0.15, -0.1) is 0 Å². The second-order valence-corrected chi connectivity index (χ2v) is 2.93. The minimum Gasteiger partial charge on any atom is -0.463 e. The highest BCUT2D eigenvalue weighted by Gasteiger charge is 2.08. The van der Waals surface area contributed by atoms with Gasteiger partial charge in [-0.3, -0.25) is 0 Å². The highest BCUT2D eigenvalue weighted by molar-refractivity contribution is 5.88. The van der Waals surface area contributed by atoms with Crippen LogP contribution in [0.15, 0.2) is 12.2 Å². The molecule has 0 unspecified atom stereocenters. The molecule has 0 rings (SSSR count). The quantitative estimate of drug-likeness (QED) is 0.370. The Morgan fingerprint density at radius 3 is 2.43 bits per heavy atom. The molecule has 0 saturated heterocycles. The first-order valence-electron chi connectivity index (χ1n) is 4.56. The van der Waals surface area contributed by atoms with Crippen LogP contribution >= 0.6 is 0 Å². The van der Waals surface area contributed by atoms with E-state index >= 15 is 0 Å². The van der Waals surface area contributed by atoms with Crippen molar-refractivity contribution < 1.29 is 19.1 Å². The van der Waals surface area contributed by atoms with E-state index < -0.39 is 11.9 Å². The zero-order valence-electron chi connectivity index (χ0n) is 8.67. The van der Waals surface area contributed by atoms with Crippen molar-refractivity contribution in [1.29, 1.82) is 0 Å². The molecule has 0 aliphatic carbocycles. The van der Waals surface area contributed by atoms with Crippen molar-refractivity contribution >= 4 is 11.9 Å². The molecule has 4 heteroatoms. The second kappa shape index (κ2) is 7.12. The van der Waals surface area contributed by atoms with Crippen LogP contribution in [0.3, 0.4) is 0 Å². The lowest BCUT2D eigenvalue weighted by Crippen LogP contribution is -2.17. The van der Waals surface area contributed by atoms with Gasteiger partial charge in [0.25, 0.3) is 0 Å². The lowest BCUT2D eigenvalue weighted by molar-refractivity contribution is -0.156. The summed E-state index contributed by atoms with van der Waals surface area (Å²) in [7, 11) is 0. The molecule has 0 N–H and O–H groups in total. The van der Waals surface area contributed by atoms with Gasteiger partial charge in [0.15, 0.2) is 6.61 Å². The van der Waals surface area contributed by atoms with Gasteiger partial charge in [-0.25, -0.2) is 9.59 Å². The second-order valence-electron chi connectivity index (χ2n) is 2.93. The van der Waals surface area contributed by atoms with Gasteiger partial charge in [-0.1, -0.05) is 19.9 Å². The van der Waals surface area contributed by atoms with Crippen LogP contribution in [0.1, 0.15) is 26.7 Å². The number of carbonyl (C=O) groups excluding carboxylic acids is 2. The van der Waals surface area contributed by atoms with Crippen molar-refractivity contribution in [1.82, 2.24) is 0 Å². The van der Waals surface area contributed by atoms with Crippen molar-refractivity contribution in [2.75, 3.05) is 13.2 Å². The fourth-order valence-electron chi connectivity index (χ4n) is 0.620. The first-order chi connectivity index (χ1) is 6.57. The molecule has 0 saturated carbocycles. The highest BCUT2D eigenvalue weighted by Crippen LogP contribution is 1.93. The maximum absolute atomic E-state index is 10.9. The van der Waals surface area contributed by atoms with Crippen LogP contribution in [0.25, 0.3) is 0 Å². The summed E-state index contributed by atoms with van der Waals surface area (Å²) in [6, 6.07) is 0. The van der Waals surface area contributed by atoms with E-state index in [2.05, 4.69) is 11.3 Å². The molecule has 0 heterocycles. The van der Waals surface area contributed by atoms with Crippen LogP contribution in [0.4, 0.5) is 0 Å². The van der Waals surface area contributed by atoms with E-state index in [0.29, 0.717) is 6.61 Å². The van der Waals surface area contributed by atoms with Gasteiger partial charge in [0, 0.05) is 5.57 Å². The number of carbonyl (C=O) groups is 2. The minimum absolute atomic E-state index is 0.270. The van der Waals surface area contributed by atoms with Gasteiger partial charge >= 0.3 is 11.9 Å². The van der Waals surface area contributed by atoms with Gasteiger partial charge in [0.1, 0.15) is 0 Å².